The molecule has 1 radical (unpaired) electrons. The van der Waals surface area contributed by atoms with Gasteiger partial charge in [0.05, 0.1) is 6.19 Å². The maximum atomic E-state index is 9.91. The van der Waals surface area contributed by atoms with Crippen molar-refractivity contribution in [2.75, 3.05) is 20.1 Å². The highest BCUT2D eigenvalue weighted by molar-refractivity contribution is 6.64. The number of hydrogen-bond acceptors (Lipinski definition) is 3. The van der Waals surface area contributed by atoms with E-state index in [1.807, 2.05) is 0 Å². The summed E-state index contributed by atoms with van der Waals surface area (Å²) in [5.74, 6) is 0. The number of rotatable bonds is 3. The highest BCUT2D eigenvalue weighted by Crippen LogP contribution is 2.04. The van der Waals surface area contributed by atoms with Gasteiger partial charge in [-0.05, 0) is 20.0 Å². The zero-order valence-corrected chi connectivity index (χ0v) is 6.21. The summed E-state index contributed by atoms with van der Waals surface area (Å²) < 4.78 is 0. The smallest absolute Gasteiger partial charge is 0.290 e. The molecule has 0 aromatic carbocycles. The molecule has 3 nitrogen and oxygen atoms in total. The Hall–Kier alpha value is -0.345. The van der Waals surface area contributed by atoms with Gasteiger partial charge in [-0.2, -0.15) is 0 Å². The van der Waals surface area contributed by atoms with Crippen molar-refractivity contribution in [2.24, 2.45) is 0 Å². The average molecular weight is 139 g/mol. The molecule has 0 spiro atoms. The molecule has 1 rings (SSSR count). The summed E-state index contributed by atoms with van der Waals surface area (Å²) in [4.78, 5) is 12.2. The molecule has 0 amide bonds. The number of carbonyl (C=O) groups excluding carboxylic acids is 1. The van der Waals surface area contributed by atoms with Crippen LogP contribution in [0.5, 0.6) is 0 Å². The standard InChI is InChI=1S/C6H12BN2O/c1-9-3-2-6(4-9)8-7-5-10/h5-6,8H,2-4H2,1H3. The molecule has 1 aliphatic heterocycles. The van der Waals surface area contributed by atoms with E-state index in [0.717, 1.165) is 25.7 Å². The maximum absolute atomic E-state index is 9.91. The van der Waals surface area contributed by atoms with Crippen molar-refractivity contribution in [1.29, 1.82) is 0 Å². The highest BCUT2D eigenvalue weighted by atomic mass is 16.1. The molecule has 55 valence electrons. The second-order valence-electron chi connectivity index (χ2n) is 2.72. The molecule has 4 heteroatoms. The van der Waals surface area contributed by atoms with E-state index in [1.165, 1.54) is 7.41 Å². The number of carbonyl (C=O) groups is 1. The summed E-state index contributed by atoms with van der Waals surface area (Å²) in [5.41, 5.74) is 0. The van der Waals surface area contributed by atoms with Crippen LogP contribution in [0.25, 0.3) is 0 Å². The first-order chi connectivity index (χ1) is 4.83. The van der Waals surface area contributed by atoms with Crippen LogP contribution in [0.2, 0.25) is 0 Å². The second kappa shape index (κ2) is 3.73. The van der Waals surface area contributed by atoms with Crippen LogP contribution in [0.1, 0.15) is 6.42 Å². The molecule has 1 atom stereocenters. The van der Waals surface area contributed by atoms with Gasteiger partial charge in [0, 0.05) is 12.6 Å². The van der Waals surface area contributed by atoms with Crippen molar-refractivity contribution in [3.63, 3.8) is 0 Å². The zero-order valence-electron chi connectivity index (χ0n) is 6.21. The van der Waals surface area contributed by atoms with Crippen LogP contribution in [0.4, 0.5) is 0 Å². The van der Waals surface area contributed by atoms with E-state index < -0.39 is 0 Å². The molecule has 1 unspecified atom stereocenters. The zero-order chi connectivity index (χ0) is 7.40. The lowest BCUT2D eigenvalue weighted by molar-refractivity contribution is 0.408. The molecule has 1 heterocycles. The third kappa shape index (κ3) is 2.12. The molecule has 1 saturated heterocycles. The van der Waals surface area contributed by atoms with Crippen LogP contribution in [0.3, 0.4) is 0 Å². The molecule has 10 heavy (non-hydrogen) atoms. The van der Waals surface area contributed by atoms with Crippen LogP contribution >= 0.6 is 0 Å². The maximum Gasteiger partial charge on any atom is 0.290 e. The fourth-order valence-electron chi connectivity index (χ4n) is 1.25. The Morgan fingerprint density at radius 1 is 1.80 bits per heavy atom. The van der Waals surface area contributed by atoms with Gasteiger partial charge in [-0.15, -0.1) is 0 Å². The van der Waals surface area contributed by atoms with E-state index in [9.17, 15) is 4.79 Å². The lowest BCUT2D eigenvalue weighted by atomic mass is 9.96. The van der Waals surface area contributed by atoms with Crippen molar-refractivity contribution in [1.82, 2.24) is 10.1 Å². The highest BCUT2D eigenvalue weighted by Gasteiger charge is 2.17. The second-order valence-corrected chi connectivity index (χ2v) is 2.72. The van der Waals surface area contributed by atoms with Gasteiger partial charge in [-0.3, -0.25) is 0 Å². The van der Waals surface area contributed by atoms with E-state index in [0.29, 0.717) is 6.04 Å². The van der Waals surface area contributed by atoms with Crippen molar-refractivity contribution >= 4 is 13.6 Å². The normalized spacial score (nSPS) is 26.7. The van der Waals surface area contributed by atoms with E-state index in [-0.39, 0.29) is 0 Å². The van der Waals surface area contributed by atoms with Gasteiger partial charge in [-0.1, -0.05) is 0 Å². The van der Waals surface area contributed by atoms with Gasteiger partial charge in [0.1, 0.15) is 0 Å². The molecule has 0 aromatic heterocycles. The summed E-state index contributed by atoms with van der Waals surface area (Å²) in [6, 6.07) is 0.482. The van der Waals surface area contributed by atoms with Crippen molar-refractivity contribution in [3.05, 3.63) is 0 Å². The predicted octanol–water partition coefficient (Wildman–Crippen LogP) is -0.910. The SMILES string of the molecule is CN1CCC(N[B]C=O)C1. The van der Waals surface area contributed by atoms with Crippen LogP contribution < -0.4 is 5.23 Å². The third-order valence-electron chi connectivity index (χ3n) is 1.79. The van der Waals surface area contributed by atoms with Crippen LogP contribution in [0, 0.1) is 0 Å². The molecule has 1 N–H and O–H groups in total. The number of hydrogen-bond donors (Lipinski definition) is 1. The average Bonchev–Trinajstić information content (AvgIpc) is 2.31. The number of likely N-dealkylation sites (N-methyl/N-ethyl adjacent to an activating group) is 1. The summed E-state index contributed by atoms with van der Waals surface area (Å²) in [6.45, 7) is 2.18. The predicted molar refractivity (Wildman–Crippen MR) is 41.5 cm³/mol. The summed E-state index contributed by atoms with van der Waals surface area (Å²) >= 11 is 0. The largest absolute Gasteiger partial charge is 0.350 e. The minimum atomic E-state index is 0.482. The topological polar surface area (TPSA) is 32.3 Å². The monoisotopic (exact) mass is 139 g/mol. The fourth-order valence-corrected chi connectivity index (χ4v) is 1.25. The first kappa shape index (κ1) is 7.76. The number of nitrogens with zero attached hydrogens (tertiary/aromatic N) is 1. The minimum absolute atomic E-state index is 0.482. The molecule has 0 saturated carbocycles. The fraction of sp³-hybridized carbons (Fsp3) is 0.833. The van der Waals surface area contributed by atoms with Crippen molar-refractivity contribution in [2.45, 2.75) is 12.5 Å². The lowest BCUT2D eigenvalue weighted by Gasteiger charge is -2.09. The van der Waals surface area contributed by atoms with Gasteiger partial charge < -0.3 is 14.9 Å². The third-order valence-corrected chi connectivity index (χ3v) is 1.79. The van der Waals surface area contributed by atoms with Gasteiger partial charge in [0.25, 0.3) is 7.41 Å². The minimum Gasteiger partial charge on any atom is -0.350 e. The molecule has 0 aromatic rings. The van der Waals surface area contributed by atoms with Crippen LogP contribution in [0.15, 0.2) is 0 Å². The van der Waals surface area contributed by atoms with Crippen LogP contribution in [-0.2, 0) is 4.79 Å². The Balaban J connectivity index is 2.12. The van der Waals surface area contributed by atoms with Gasteiger partial charge in [0.15, 0.2) is 0 Å². The number of likely N-dealkylation sites (tertiary alicyclic amines) is 1. The first-order valence-electron chi connectivity index (χ1n) is 3.54. The molecule has 1 aliphatic rings. The van der Waals surface area contributed by atoms with Crippen molar-refractivity contribution in [3.8, 4) is 0 Å². The molecular formula is C6H12BN2O. The number of nitrogens with one attached hydrogen (secondary N) is 1. The Morgan fingerprint density at radius 2 is 2.60 bits per heavy atom. The summed E-state index contributed by atoms with van der Waals surface area (Å²) in [7, 11) is 3.56. The Labute approximate surface area is 62.0 Å². The Morgan fingerprint density at radius 3 is 3.10 bits per heavy atom. The van der Waals surface area contributed by atoms with E-state index in [4.69, 9.17) is 0 Å². The first-order valence-corrected chi connectivity index (χ1v) is 3.54. The molecule has 1 fully saturated rings. The van der Waals surface area contributed by atoms with Gasteiger partial charge >= 0.3 is 0 Å². The summed E-state index contributed by atoms with van der Waals surface area (Å²) in [6.07, 6.45) is 1.93. The lowest BCUT2D eigenvalue weighted by Crippen LogP contribution is -2.34. The quantitative estimate of drug-likeness (QED) is 0.405. The van der Waals surface area contributed by atoms with E-state index >= 15 is 0 Å². The Bertz CT molecular complexity index is 120. The summed E-state index contributed by atoms with van der Waals surface area (Å²) in [5, 5.41) is 3.03. The van der Waals surface area contributed by atoms with Crippen LogP contribution in [-0.4, -0.2) is 44.7 Å². The van der Waals surface area contributed by atoms with Gasteiger partial charge in [-0.25, -0.2) is 0 Å². The molecule has 0 aliphatic carbocycles. The Kier molecular flexibility index (Phi) is 2.90. The molecule has 0 bridgehead atoms. The van der Waals surface area contributed by atoms with Gasteiger partial charge in [0.2, 0.25) is 0 Å². The van der Waals surface area contributed by atoms with Crippen molar-refractivity contribution < 1.29 is 4.79 Å². The molecular weight excluding hydrogens is 127 g/mol. The van der Waals surface area contributed by atoms with E-state index in [1.54, 1.807) is 0 Å². The van der Waals surface area contributed by atoms with E-state index in [2.05, 4.69) is 17.2 Å².